The lowest BCUT2D eigenvalue weighted by Gasteiger charge is -2.36. The molecule has 0 amide bonds. The van der Waals surface area contributed by atoms with Gasteiger partial charge in [-0.05, 0) is 43.4 Å². The minimum absolute atomic E-state index is 0.269. The van der Waals surface area contributed by atoms with Gasteiger partial charge in [0.15, 0.2) is 0 Å². The van der Waals surface area contributed by atoms with Gasteiger partial charge in [0.1, 0.15) is 29.5 Å². The molecule has 2 saturated heterocycles. The van der Waals surface area contributed by atoms with Crippen LogP contribution < -0.4 is 14.5 Å². The maximum absolute atomic E-state index is 13.2. The quantitative estimate of drug-likeness (QED) is 0.517. The number of nitrogens with zero attached hydrogens (tertiary/aromatic N) is 6. The summed E-state index contributed by atoms with van der Waals surface area (Å²) in [5.74, 6) is 3.07. The fourth-order valence-electron chi connectivity index (χ4n) is 4.33. The zero-order valence-electron chi connectivity index (χ0n) is 19.8. The van der Waals surface area contributed by atoms with E-state index in [1.165, 1.54) is 0 Å². The molecule has 0 radical (unpaired) electrons. The maximum atomic E-state index is 13.2. The first-order chi connectivity index (χ1) is 17.0. The van der Waals surface area contributed by atoms with Gasteiger partial charge in [-0.3, -0.25) is 0 Å². The van der Waals surface area contributed by atoms with Gasteiger partial charge >= 0.3 is 0 Å². The van der Waals surface area contributed by atoms with Crippen LogP contribution in [0.15, 0.2) is 71.9 Å². The largest absolute Gasteiger partial charge is 0.457 e. The van der Waals surface area contributed by atoms with E-state index in [-0.39, 0.29) is 4.90 Å². The van der Waals surface area contributed by atoms with Crippen LogP contribution in [-0.2, 0) is 10.0 Å². The van der Waals surface area contributed by atoms with E-state index in [1.807, 2.05) is 36.4 Å². The third-order valence-electron chi connectivity index (χ3n) is 6.47. The molecular weight excluding hydrogens is 464 g/mol. The second-order valence-electron chi connectivity index (χ2n) is 8.80. The van der Waals surface area contributed by atoms with Crippen LogP contribution in [0.4, 0.5) is 11.6 Å². The Morgan fingerprint density at radius 3 is 1.86 bits per heavy atom. The molecular formula is C25H30N6O3S. The van der Waals surface area contributed by atoms with Crippen molar-refractivity contribution in [3.05, 3.63) is 67.0 Å². The standard InChI is InChI=1S/C25H30N6O3S/c1-28-11-13-29(14-12-28)24-19-25(27-20-26-24)30-15-17-31(18-16-30)35(32,33)23-9-7-22(8-10-23)34-21-5-3-2-4-6-21/h2-10,19-20H,11-18H2,1H3. The third-order valence-corrected chi connectivity index (χ3v) is 8.38. The first-order valence-corrected chi connectivity index (χ1v) is 13.3. The van der Waals surface area contributed by atoms with Crippen LogP contribution in [0.1, 0.15) is 0 Å². The van der Waals surface area contributed by atoms with Gasteiger partial charge in [0, 0.05) is 58.4 Å². The molecule has 5 rings (SSSR count). The predicted octanol–water partition coefficient (Wildman–Crippen LogP) is 2.53. The highest BCUT2D eigenvalue weighted by atomic mass is 32.2. The number of benzene rings is 2. The van der Waals surface area contributed by atoms with Crippen LogP contribution in [0.5, 0.6) is 11.5 Å². The number of sulfonamides is 1. The molecule has 184 valence electrons. The van der Waals surface area contributed by atoms with Crippen LogP contribution >= 0.6 is 0 Å². The van der Waals surface area contributed by atoms with Crippen molar-refractivity contribution in [1.29, 1.82) is 0 Å². The molecule has 2 aromatic carbocycles. The van der Waals surface area contributed by atoms with Gasteiger partial charge in [-0.15, -0.1) is 0 Å². The van der Waals surface area contributed by atoms with Crippen molar-refractivity contribution in [2.45, 2.75) is 4.90 Å². The van der Waals surface area contributed by atoms with Crippen molar-refractivity contribution >= 4 is 21.7 Å². The number of piperazine rings is 2. The van der Waals surface area contributed by atoms with Crippen molar-refractivity contribution in [1.82, 2.24) is 19.2 Å². The number of likely N-dealkylation sites (N-methyl/N-ethyl adjacent to an activating group) is 1. The summed E-state index contributed by atoms with van der Waals surface area (Å²) in [6.07, 6.45) is 1.60. The molecule has 0 bridgehead atoms. The van der Waals surface area contributed by atoms with E-state index in [4.69, 9.17) is 4.74 Å². The second kappa shape index (κ2) is 10.2. The van der Waals surface area contributed by atoms with Gasteiger partial charge in [0.2, 0.25) is 10.0 Å². The first kappa shape index (κ1) is 23.5. The average Bonchev–Trinajstić information content (AvgIpc) is 2.90. The molecule has 10 heteroatoms. The van der Waals surface area contributed by atoms with Crippen LogP contribution in [0.25, 0.3) is 0 Å². The summed E-state index contributed by atoms with van der Waals surface area (Å²) in [6.45, 7) is 5.85. The molecule has 2 aliphatic heterocycles. The van der Waals surface area contributed by atoms with E-state index in [0.717, 1.165) is 37.8 Å². The zero-order valence-corrected chi connectivity index (χ0v) is 20.6. The van der Waals surface area contributed by atoms with Crippen LogP contribution in [0, 0.1) is 0 Å². The van der Waals surface area contributed by atoms with E-state index in [0.29, 0.717) is 37.7 Å². The highest BCUT2D eigenvalue weighted by molar-refractivity contribution is 7.89. The van der Waals surface area contributed by atoms with Crippen molar-refractivity contribution in [2.75, 3.05) is 69.2 Å². The van der Waals surface area contributed by atoms with Crippen molar-refractivity contribution in [3.63, 3.8) is 0 Å². The molecule has 0 N–H and O–H groups in total. The van der Waals surface area contributed by atoms with Gasteiger partial charge in [-0.1, -0.05) is 18.2 Å². The monoisotopic (exact) mass is 494 g/mol. The maximum Gasteiger partial charge on any atom is 0.243 e. The molecule has 2 aliphatic rings. The second-order valence-corrected chi connectivity index (χ2v) is 10.7. The number of ether oxygens (including phenoxy) is 1. The van der Waals surface area contributed by atoms with E-state index in [1.54, 1.807) is 34.9 Å². The summed E-state index contributed by atoms with van der Waals surface area (Å²) in [5, 5.41) is 0. The minimum atomic E-state index is -3.58. The van der Waals surface area contributed by atoms with E-state index >= 15 is 0 Å². The highest BCUT2D eigenvalue weighted by Gasteiger charge is 2.29. The number of hydrogen-bond donors (Lipinski definition) is 0. The first-order valence-electron chi connectivity index (χ1n) is 11.8. The summed E-state index contributed by atoms with van der Waals surface area (Å²) < 4.78 is 33.8. The molecule has 2 fully saturated rings. The Hall–Kier alpha value is -3.21. The molecule has 0 aliphatic carbocycles. The Balaban J connectivity index is 1.21. The van der Waals surface area contributed by atoms with Gasteiger partial charge in [0.05, 0.1) is 4.90 Å². The van der Waals surface area contributed by atoms with Crippen molar-refractivity contribution < 1.29 is 13.2 Å². The lowest BCUT2D eigenvalue weighted by Crippen LogP contribution is -2.49. The fourth-order valence-corrected chi connectivity index (χ4v) is 5.75. The SMILES string of the molecule is CN1CCN(c2cc(N3CCN(S(=O)(=O)c4ccc(Oc5ccccc5)cc4)CC3)ncn2)CC1. The van der Waals surface area contributed by atoms with Gasteiger partial charge in [0.25, 0.3) is 0 Å². The van der Waals surface area contributed by atoms with Crippen LogP contribution in [-0.4, -0.2) is 87.0 Å². The molecule has 0 atom stereocenters. The predicted molar refractivity (Wildman–Crippen MR) is 136 cm³/mol. The summed E-state index contributed by atoms with van der Waals surface area (Å²) in [4.78, 5) is 15.9. The Bertz CT molecular complexity index is 1220. The van der Waals surface area contributed by atoms with Crippen molar-refractivity contribution in [2.24, 2.45) is 0 Å². The van der Waals surface area contributed by atoms with Crippen LogP contribution in [0.3, 0.4) is 0 Å². The summed E-state index contributed by atoms with van der Waals surface area (Å²) in [5.41, 5.74) is 0. The Kier molecular flexibility index (Phi) is 6.85. The molecule has 0 unspecified atom stereocenters. The molecule has 9 nitrogen and oxygen atoms in total. The third kappa shape index (κ3) is 5.39. The van der Waals surface area contributed by atoms with E-state index in [2.05, 4.69) is 31.7 Å². The van der Waals surface area contributed by atoms with E-state index in [9.17, 15) is 8.42 Å². The summed E-state index contributed by atoms with van der Waals surface area (Å²) in [6, 6.07) is 18.0. The average molecular weight is 495 g/mol. The molecule has 0 spiro atoms. The van der Waals surface area contributed by atoms with Crippen molar-refractivity contribution in [3.8, 4) is 11.5 Å². The number of hydrogen-bond acceptors (Lipinski definition) is 8. The number of rotatable bonds is 6. The molecule has 3 heterocycles. The van der Waals surface area contributed by atoms with Gasteiger partial charge in [-0.2, -0.15) is 4.31 Å². The number of anilines is 2. The number of aromatic nitrogens is 2. The lowest BCUT2D eigenvalue weighted by atomic mass is 10.3. The van der Waals surface area contributed by atoms with Gasteiger partial charge in [-0.25, -0.2) is 18.4 Å². The zero-order chi connectivity index (χ0) is 24.3. The fraction of sp³-hybridized carbons (Fsp3) is 0.360. The topological polar surface area (TPSA) is 82.1 Å². The molecule has 3 aromatic rings. The molecule has 1 aromatic heterocycles. The molecule has 35 heavy (non-hydrogen) atoms. The van der Waals surface area contributed by atoms with E-state index < -0.39 is 10.0 Å². The normalized spacial score (nSPS) is 18.0. The Morgan fingerprint density at radius 2 is 1.26 bits per heavy atom. The number of para-hydroxylation sites is 1. The summed E-state index contributed by atoms with van der Waals surface area (Å²) in [7, 11) is -1.45. The molecule has 0 saturated carbocycles. The van der Waals surface area contributed by atoms with Crippen LogP contribution in [0.2, 0.25) is 0 Å². The summed E-state index contributed by atoms with van der Waals surface area (Å²) >= 11 is 0. The Morgan fingerprint density at radius 1 is 0.714 bits per heavy atom. The van der Waals surface area contributed by atoms with Gasteiger partial charge < -0.3 is 19.4 Å². The lowest BCUT2D eigenvalue weighted by molar-refractivity contribution is 0.312. The Labute approximate surface area is 206 Å². The smallest absolute Gasteiger partial charge is 0.243 e. The minimum Gasteiger partial charge on any atom is -0.457 e. The highest BCUT2D eigenvalue weighted by Crippen LogP contribution is 2.26.